The second kappa shape index (κ2) is 8.29. The van der Waals surface area contributed by atoms with Crippen LogP contribution in [0.3, 0.4) is 0 Å². The standard InChI is InChI=1S/C16H13ClFIN2O3/c1-9(24-12-5-3-11(18)4-6-12)15(22)20-21-16(23)10-2-7-13(17)14(19)8-10/h2-9H,1H3,(H,20,22)(H,21,23). The van der Waals surface area contributed by atoms with Crippen LogP contribution in [0.1, 0.15) is 17.3 Å². The number of nitrogens with one attached hydrogen (secondary N) is 2. The lowest BCUT2D eigenvalue weighted by molar-refractivity contribution is -0.128. The first kappa shape index (κ1) is 18.5. The fourth-order valence-electron chi connectivity index (χ4n) is 1.70. The van der Waals surface area contributed by atoms with Gasteiger partial charge in [0.05, 0.1) is 5.02 Å². The minimum Gasteiger partial charge on any atom is -0.481 e. The zero-order valence-corrected chi connectivity index (χ0v) is 15.4. The predicted molar refractivity (Wildman–Crippen MR) is 96.3 cm³/mol. The van der Waals surface area contributed by atoms with Crippen LogP contribution in [-0.2, 0) is 4.79 Å². The van der Waals surface area contributed by atoms with Crippen molar-refractivity contribution in [1.82, 2.24) is 10.9 Å². The fourth-order valence-corrected chi connectivity index (χ4v) is 2.33. The van der Waals surface area contributed by atoms with Crippen molar-refractivity contribution in [1.29, 1.82) is 0 Å². The molecule has 1 atom stereocenters. The van der Waals surface area contributed by atoms with E-state index in [1.807, 2.05) is 22.6 Å². The average molecular weight is 463 g/mol. The van der Waals surface area contributed by atoms with Crippen LogP contribution in [0.5, 0.6) is 5.75 Å². The Kier molecular flexibility index (Phi) is 6.38. The smallest absolute Gasteiger partial charge is 0.279 e. The SMILES string of the molecule is CC(Oc1ccc(F)cc1)C(=O)NNC(=O)c1ccc(Cl)c(I)c1. The molecule has 0 aliphatic rings. The zero-order chi connectivity index (χ0) is 17.7. The van der Waals surface area contributed by atoms with Gasteiger partial charge in [-0.15, -0.1) is 0 Å². The number of benzene rings is 2. The van der Waals surface area contributed by atoms with E-state index in [1.165, 1.54) is 31.2 Å². The monoisotopic (exact) mass is 462 g/mol. The maximum Gasteiger partial charge on any atom is 0.279 e. The van der Waals surface area contributed by atoms with Crippen LogP contribution >= 0.6 is 34.2 Å². The molecule has 0 aliphatic carbocycles. The van der Waals surface area contributed by atoms with Gasteiger partial charge in [-0.3, -0.25) is 20.4 Å². The number of ether oxygens (including phenoxy) is 1. The maximum absolute atomic E-state index is 12.8. The predicted octanol–water partition coefficient (Wildman–Crippen LogP) is 3.31. The molecule has 0 saturated carbocycles. The van der Waals surface area contributed by atoms with Crippen LogP contribution in [0.4, 0.5) is 4.39 Å². The Bertz CT molecular complexity index is 755. The number of hydrogen-bond donors (Lipinski definition) is 2. The molecule has 2 aromatic rings. The van der Waals surface area contributed by atoms with E-state index in [9.17, 15) is 14.0 Å². The summed E-state index contributed by atoms with van der Waals surface area (Å²) in [6.45, 7) is 1.51. The lowest BCUT2D eigenvalue weighted by Crippen LogP contribution is -2.47. The van der Waals surface area contributed by atoms with E-state index >= 15 is 0 Å². The molecule has 0 saturated heterocycles. The van der Waals surface area contributed by atoms with Gasteiger partial charge in [-0.05, 0) is 72.0 Å². The molecule has 0 aromatic heterocycles. The molecular weight excluding hydrogens is 450 g/mol. The van der Waals surface area contributed by atoms with Crippen molar-refractivity contribution < 1.29 is 18.7 Å². The minimum atomic E-state index is -0.874. The first-order valence-corrected chi connectivity index (χ1v) is 8.30. The summed E-state index contributed by atoms with van der Waals surface area (Å²) < 4.78 is 18.9. The van der Waals surface area contributed by atoms with E-state index in [0.717, 1.165) is 3.57 Å². The lowest BCUT2D eigenvalue weighted by Gasteiger charge is -2.15. The van der Waals surface area contributed by atoms with Crippen molar-refractivity contribution in [3.63, 3.8) is 0 Å². The van der Waals surface area contributed by atoms with Gasteiger partial charge in [0.15, 0.2) is 6.10 Å². The van der Waals surface area contributed by atoms with Gasteiger partial charge in [0.1, 0.15) is 11.6 Å². The minimum absolute atomic E-state index is 0.345. The summed E-state index contributed by atoms with van der Waals surface area (Å²) in [6.07, 6.45) is -0.874. The molecule has 2 N–H and O–H groups in total. The van der Waals surface area contributed by atoms with Crippen molar-refractivity contribution in [3.05, 3.63) is 62.4 Å². The summed E-state index contributed by atoms with van der Waals surface area (Å²) in [5.41, 5.74) is 4.93. The number of hydrogen-bond acceptors (Lipinski definition) is 3. The Hall–Kier alpha value is -1.87. The van der Waals surface area contributed by atoms with E-state index in [-0.39, 0.29) is 0 Å². The molecule has 0 fully saturated rings. The van der Waals surface area contributed by atoms with E-state index < -0.39 is 23.7 Å². The molecular formula is C16H13ClFIN2O3. The van der Waals surface area contributed by atoms with E-state index in [4.69, 9.17) is 16.3 Å². The molecule has 2 aromatic carbocycles. The summed E-state index contributed by atoms with van der Waals surface area (Å²) >= 11 is 7.90. The number of hydrazine groups is 1. The van der Waals surface area contributed by atoms with Crippen LogP contribution < -0.4 is 15.6 Å². The molecule has 0 radical (unpaired) electrons. The molecule has 1 unspecified atom stereocenters. The number of halogens is 3. The highest BCUT2D eigenvalue weighted by Gasteiger charge is 2.16. The van der Waals surface area contributed by atoms with Gasteiger partial charge in [-0.25, -0.2) is 4.39 Å². The third-order valence-electron chi connectivity index (χ3n) is 2.98. The average Bonchev–Trinajstić information content (AvgIpc) is 2.56. The van der Waals surface area contributed by atoms with Crippen LogP contribution in [0.25, 0.3) is 0 Å². The first-order chi connectivity index (χ1) is 11.4. The van der Waals surface area contributed by atoms with Gasteiger partial charge < -0.3 is 4.74 Å². The van der Waals surface area contributed by atoms with Gasteiger partial charge in [0.2, 0.25) is 0 Å². The van der Waals surface area contributed by atoms with Crippen molar-refractivity contribution in [2.24, 2.45) is 0 Å². The highest BCUT2D eigenvalue weighted by molar-refractivity contribution is 14.1. The van der Waals surface area contributed by atoms with Crippen LogP contribution in [-0.4, -0.2) is 17.9 Å². The molecule has 2 rings (SSSR count). The largest absolute Gasteiger partial charge is 0.481 e. The quantitative estimate of drug-likeness (QED) is 0.541. The molecule has 5 nitrogen and oxygen atoms in total. The summed E-state index contributed by atoms with van der Waals surface area (Å²) in [7, 11) is 0. The topological polar surface area (TPSA) is 67.4 Å². The van der Waals surface area contributed by atoms with Gasteiger partial charge in [-0.2, -0.15) is 0 Å². The Morgan fingerprint density at radius 2 is 1.83 bits per heavy atom. The second-order valence-corrected chi connectivity index (χ2v) is 6.36. The van der Waals surface area contributed by atoms with E-state index in [0.29, 0.717) is 16.3 Å². The second-order valence-electron chi connectivity index (χ2n) is 4.79. The molecule has 0 spiro atoms. The van der Waals surface area contributed by atoms with Gasteiger partial charge >= 0.3 is 0 Å². The van der Waals surface area contributed by atoms with Crippen molar-refractivity contribution >= 4 is 46.0 Å². The number of amides is 2. The maximum atomic E-state index is 12.8. The Morgan fingerprint density at radius 3 is 2.46 bits per heavy atom. The molecule has 0 bridgehead atoms. The number of rotatable bonds is 4. The lowest BCUT2D eigenvalue weighted by atomic mass is 10.2. The van der Waals surface area contributed by atoms with Crippen molar-refractivity contribution in [3.8, 4) is 5.75 Å². The Balaban J connectivity index is 1.88. The van der Waals surface area contributed by atoms with Gasteiger partial charge in [-0.1, -0.05) is 11.6 Å². The molecule has 126 valence electrons. The molecule has 0 heterocycles. The summed E-state index contributed by atoms with van der Waals surface area (Å²) in [6, 6.07) is 10.0. The normalized spacial score (nSPS) is 11.5. The van der Waals surface area contributed by atoms with Crippen molar-refractivity contribution in [2.45, 2.75) is 13.0 Å². The first-order valence-electron chi connectivity index (χ1n) is 6.84. The number of carbonyl (C=O) groups is 2. The van der Waals surface area contributed by atoms with E-state index in [1.54, 1.807) is 18.2 Å². The fraction of sp³-hybridized carbons (Fsp3) is 0.125. The summed E-state index contributed by atoms with van der Waals surface area (Å²) in [4.78, 5) is 23.9. The zero-order valence-electron chi connectivity index (χ0n) is 12.5. The van der Waals surface area contributed by atoms with Crippen LogP contribution in [0.15, 0.2) is 42.5 Å². The molecule has 0 aliphatic heterocycles. The highest BCUT2D eigenvalue weighted by atomic mass is 127. The number of carbonyl (C=O) groups excluding carboxylic acids is 2. The third kappa shape index (κ3) is 5.07. The Morgan fingerprint density at radius 1 is 1.17 bits per heavy atom. The highest BCUT2D eigenvalue weighted by Crippen LogP contribution is 2.19. The van der Waals surface area contributed by atoms with E-state index in [2.05, 4.69) is 10.9 Å². The molecule has 8 heteroatoms. The van der Waals surface area contributed by atoms with Crippen LogP contribution in [0.2, 0.25) is 5.02 Å². The van der Waals surface area contributed by atoms with Crippen LogP contribution in [0, 0.1) is 9.39 Å². The summed E-state index contributed by atoms with van der Waals surface area (Å²) in [5, 5.41) is 0.539. The Labute approximate surface area is 156 Å². The third-order valence-corrected chi connectivity index (χ3v) is 4.52. The molecule has 24 heavy (non-hydrogen) atoms. The summed E-state index contributed by atoms with van der Waals surface area (Å²) in [5.74, 6) is -1.08. The van der Waals surface area contributed by atoms with Crippen molar-refractivity contribution in [2.75, 3.05) is 0 Å². The van der Waals surface area contributed by atoms with Gasteiger partial charge in [0.25, 0.3) is 11.8 Å². The van der Waals surface area contributed by atoms with Gasteiger partial charge in [0, 0.05) is 9.13 Å². The molecule has 2 amide bonds.